The Balaban J connectivity index is 1.67. The van der Waals surface area contributed by atoms with Crippen LogP contribution in [0.5, 0.6) is 5.75 Å². The van der Waals surface area contributed by atoms with Crippen molar-refractivity contribution in [2.45, 2.75) is 18.5 Å². The van der Waals surface area contributed by atoms with E-state index in [0.717, 1.165) is 23.3 Å². The number of hydrogen-bond donors (Lipinski definition) is 3. The van der Waals surface area contributed by atoms with Crippen LogP contribution in [0, 0.1) is 6.92 Å². The number of thiol groups is 1. The van der Waals surface area contributed by atoms with Gasteiger partial charge in [-0.3, -0.25) is 10.3 Å². The van der Waals surface area contributed by atoms with E-state index in [0.29, 0.717) is 23.9 Å². The van der Waals surface area contributed by atoms with Crippen LogP contribution in [0.2, 0.25) is 0 Å². The average molecular weight is 468 g/mol. The number of rotatable bonds is 5. The van der Waals surface area contributed by atoms with Crippen LogP contribution in [0.3, 0.4) is 0 Å². The first kappa shape index (κ1) is 20.8. The molecule has 0 radical (unpaired) electrons. The van der Waals surface area contributed by atoms with E-state index in [2.05, 4.69) is 54.1 Å². The molecule has 1 aromatic heterocycles. The summed E-state index contributed by atoms with van der Waals surface area (Å²) in [6.07, 6.45) is 2.90. The number of halogens is 1. The van der Waals surface area contributed by atoms with Crippen LogP contribution in [0.15, 0.2) is 35.1 Å². The van der Waals surface area contributed by atoms with Crippen LogP contribution < -0.4 is 15.4 Å². The molecule has 28 heavy (non-hydrogen) atoms. The minimum absolute atomic E-state index is 0.171. The third kappa shape index (κ3) is 5.81. The van der Waals surface area contributed by atoms with Gasteiger partial charge in [-0.05, 0) is 32.2 Å². The Hall–Kier alpha value is -1.88. The fourth-order valence-electron chi connectivity index (χ4n) is 2.62. The lowest BCUT2D eigenvalue weighted by Gasteiger charge is -2.33. The second-order valence-electron chi connectivity index (χ2n) is 6.44. The maximum Gasteiger partial charge on any atom is 0.325 e. The number of urea groups is 1. The lowest BCUT2D eigenvalue weighted by Crippen LogP contribution is -2.46. The van der Waals surface area contributed by atoms with E-state index in [1.807, 2.05) is 20.0 Å². The molecule has 10 heteroatoms. The molecule has 0 saturated carbocycles. The number of carbonyl (C=O) groups is 1. The third-order valence-electron chi connectivity index (χ3n) is 4.07. The van der Waals surface area contributed by atoms with E-state index >= 15 is 0 Å². The summed E-state index contributed by atoms with van der Waals surface area (Å²) in [5.41, 5.74) is 0.787. The first-order chi connectivity index (χ1) is 13.4. The monoisotopic (exact) mass is 467 g/mol. The number of nitrogens with one attached hydrogen (secondary N) is 2. The fourth-order valence-corrected chi connectivity index (χ4v) is 3.27. The summed E-state index contributed by atoms with van der Waals surface area (Å²) >= 11 is 7.96. The molecule has 2 amide bonds. The Morgan fingerprint density at radius 1 is 1.39 bits per heavy atom. The van der Waals surface area contributed by atoms with E-state index in [-0.39, 0.29) is 6.10 Å². The topological polar surface area (TPSA) is 88.6 Å². The number of amides is 2. The number of hydrogen-bond acceptors (Lipinski definition) is 7. The molecule has 2 unspecified atom stereocenters. The summed E-state index contributed by atoms with van der Waals surface area (Å²) < 4.78 is 12.5. The van der Waals surface area contributed by atoms with Crippen LogP contribution in [0.4, 0.5) is 16.3 Å². The minimum Gasteiger partial charge on any atom is -0.475 e. The number of aryl methyl sites for hydroxylation is 1. The van der Waals surface area contributed by atoms with Gasteiger partial charge in [0.05, 0.1) is 30.4 Å². The molecule has 150 valence electrons. The normalized spacial score (nSPS) is 18.4. The number of aromatic nitrogens is 2. The Morgan fingerprint density at radius 2 is 2.21 bits per heavy atom. The molecule has 1 saturated heterocycles. The van der Waals surface area contributed by atoms with Gasteiger partial charge in [-0.25, -0.2) is 9.78 Å². The Kier molecular flexibility index (Phi) is 7.11. The molecular formula is C18H22BrN5O3S. The van der Waals surface area contributed by atoms with Crippen LogP contribution in [-0.2, 0) is 4.74 Å². The van der Waals surface area contributed by atoms with Crippen molar-refractivity contribution in [1.82, 2.24) is 14.9 Å². The number of nitrogens with zero attached hydrogens (tertiary/aromatic N) is 3. The van der Waals surface area contributed by atoms with E-state index in [4.69, 9.17) is 9.47 Å². The molecule has 1 aromatic carbocycles. The van der Waals surface area contributed by atoms with Gasteiger partial charge in [-0.15, -0.1) is 12.6 Å². The van der Waals surface area contributed by atoms with Gasteiger partial charge in [0.1, 0.15) is 11.9 Å². The highest BCUT2D eigenvalue weighted by Gasteiger charge is 2.26. The maximum absolute atomic E-state index is 12.3. The zero-order valence-electron chi connectivity index (χ0n) is 15.6. The Labute approximate surface area is 177 Å². The number of carbonyl (C=O) groups excluding carboxylic acids is 1. The highest BCUT2D eigenvalue weighted by atomic mass is 79.9. The first-order valence-corrected chi connectivity index (χ1v) is 10.0. The zero-order valence-corrected chi connectivity index (χ0v) is 18.0. The van der Waals surface area contributed by atoms with Crippen molar-refractivity contribution >= 4 is 46.1 Å². The van der Waals surface area contributed by atoms with Crippen molar-refractivity contribution < 1.29 is 14.3 Å². The van der Waals surface area contributed by atoms with E-state index in [1.54, 1.807) is 18.3 Å². The molecule has 0 spiro atoms. The minimum atomic E-state index is -0.476. The van der Waals surface area contributed by atoms with Gasteiger partial charge in [0.25, 0.3) is 0 Å². The van der Waals surface area contributed by atoms with E-state index in [9.17, 15) is 4.79 Å². The van der Waals surface area contributed by atoms with Crippen LogP contribution in [0.1, 0.15) is 5.69 Å². The van der Waals surface area contributed by atoms with Gasteiger partial charge < -0.3 is 19.7 Å². The number of morpholine rings is 1. The molecule has 0 aliphatic carbocycles. The van der Waals surface area contributed by atoms with Gasteiger partial charge in [0, 0.05) is 17.6 Å². The molecule has 1 fully saturated rings. The fraction of sp³-hybridized carbons (Fsp3) is 0.389. The van der Waals surface area contributed by atoms with Crippen molar-refractivity contribution in [3.05, 3.63) is 40.8 Å². The molecule has 2 N–H and O–H groups in total. The number of ether oxygens (including phenoxy) is 2. The highest BCUT2D eigenvalue weighted by Crippen LogP contribution is 2.31. The van der Waals surface area contributed by atoms with Crippen molar-refractivity contribution in [3.8, 4) is 5.75 Å². The van der Waals surface area contributed by atoms with E-state index in [1.165, 1.54) is 6.20 Å². The molecule has 2 heterocycles. The molecular weight excluding hydrogens is 446 g/mol. The molecule has 2 atom stereocenters. The highest BCUT2D eigenvalue weighted by molar-refractivity contribution is 9.10. The summed E-state index contributed by atoms with van der Waals surface area (Å²) in [4.78, 5) is 22.7. The van der Waals surface area contributed by atoms with E-state index < -0.39 is 11.5 Å². The summed E-state index contributed by atoms with van der Waals surface area (Å²) in [5.74, 6) is 0.844. The summed E-state index contributed by atoms with van der Waals surface area (Å²) in [6.45, 7) is 4.06. The molecule has 1 aliphatic heterocycles. The van der Waals surface area contributed by atoms with Crippen LogP contribution in [0.25, 0.3) is 0 Å². The number of benzene rings is 1. The van der Waals surface area contributed by atoms with Crippen molar-refractivity contribution in [2.75, 3.05) is 37.4 Å². The molecule has 2 aromatic rings. The van der Waals surface area contributed by atoms with Crippen LogP contribution >= 0.6 is 28.6 Å². The first-order valence-electron chi connectivity index (χ1n) is 8.72. The number of anilines is 2. The third-order valence-corrected chi connectivity index (χ3v) is 5.01. The van der Waals surface area contributed by atoms with Crippen molar-refractivity contribution in [3.63, 3.8) is 0 Å². The SMILES string of the molecule is Cc1cnc(NC(=O)Nc2cc(Br)ccc2OC(S)C2CN(C)CCO2)cn1. The summed E-state index contributed by atoms with van der Waals surface area (Å²) in [6, 6.07) is 4.90. The molecule has 3 rings (SSSR count). The van der Waals surface area contributed by atoms with Crippen molar-refractivity contribution in [2.24, 2.45) is 0 Å². The van der Waals surface area contributed by atoms with Gasteiger partial charge in [0.15, 0.2) is 11.3 Å². The second-order valence-corrected chi connectivity index (χ2v) is 7.87. The largest absolute Gasteiger partial charge is 0.475 e. The van der Waals surface area contributed by atoms with Gasteiger partial charge in [-0.2, -0.15) is 0 Å². The predicted molar refractivity (Wildman–Crippen MR) is 114 cm³/mol. The van der Waals surface area contributed by atoms with Gasteiger partial charge >= 0.3 is 6.03 Å². The predicted octanol–water partition coefficient (Wildman–Crippen LogP) is 3.16. The lowest BCUT2D eigenvalue weighted by atomic mass is 10.2. The summed E-state index contributed by atoms with van der Waals surface area (Å²) in [7, 11) is 2.03. The maximum atomic E-state index is 12.3. The smallest absolute Gasteiger partial charge is 0.325 e. The standard InChI is InChI=1S/C18H22BrN5O3S/c1-11-8-21-16(9-20-11)23-18(25)22-13-7-12(19)3-4-14(13)27-17(28)15-10-24(2)5-6-26-15/h3-4,7-9,15,17,28H,5-6,10H2,1-2H3,(H2,21,22,23,25). The summed E-state index contributed by atoms with van der Waals surface area (Å²) in [5, 5.41) is 5.42. The molecule has 8 nitrogen and oxygen atoms in total. The molecule has 1 aliphatic rings. The second kappa shape index (κ2) is 9.55. The van der Waals surface area contributed by atoms with Crippen LogP contribution in [-0.4, -0.2) is 59.2 Å². The van der Waals surface area contributed by atoms with Gasteiger partial charge in [0.2, 0.25) is 0 Å². The molecule has 0 bridgehead atoms. The zero-order chi connectivity index (χ0) is 20.1. The quantitative estimate of drug-likeness (QED) is 0.462. The lowest BCUT2D eigenvalue weighted by molar-refractivity contribution is -0.0493. The Bertz CT molecular complexity index is 823. The number of likely N-dealkylation sites (N-methyl/N-ethyl adjacent to an activating group) is 1. The average Bonchev–Trinajstić information content (AvgIpc) is 2.65. The van der Waals surface area contributed by atoms with Crippen molar-refractivity contribution in [1.29, 1.82) is 0 Å². The Morgan fingerprint density at radius 3 is 2.93 bits per heavy atom. The van der Waals surface area contributed by atoms with Gasteiger partial charge in [-0.1, -0.05) is 15.9 Å².